The summed E-state index contributed by atoms with van der Waals surface area (Å²) in [5, 5.41) is 3.06. The molecule has 0 atom stereocenters. The van der Waals surface area contributed by atoms with Crippen LogP contribution >= 0.6 is 23.2 Å². The van der Waals surface area contributed by atoms with E-state index >= 15 is 0 Å². The quantitative estimate of drug-likeness (QED) is 0.402. The fraction of sp³-hybridized carbons (Fsp3) is 0.190. The molecule has 2 aromatic carbocycles. The molecule has 1 saturated heterocycles. The molecule has 29 heavy (non-hydrogen) atoms. The molecule has 0 radical (unpaired) electrons. The Bertz CT molecular complexity index is 987. The minimum absolute atomic E-state index is 0.206. The van der Waals surface area contributed by atoms with Crippen molar-refractivity contribution in [3.8, 4) is 5.75 Å². The standard InChI is InChI=1S/C21H18Cl2N2O4/c1-2-3-10-29-18-9-6-15(23)11-13(18)12-17-19(26)24-21(28)25(20(17)27)16-7-4-14(22)5-8-16/h4-9,11-12H,2-3,10H2,1H3,(H,24,26,28)/b17-12-. The number of imide groups is 2. The summed E-state index contributed by atoms with van der Waals surface area (Å²) in [6, 6.07) is 10.2. The smallest absolute Gasteiger partial charge is 0.335 e. The zero-order valence-electron chi connectivity index (χ0n) is 15.6. The third kappa shape index (κ3) is 4.78. The molecule has 1 fully saturated rings. The molecule has 150 valence electrons. The fourth-order valence-electron chi connectivity index (χ4n) is 2.73. The van der Waals surface area contributed by atoms with Gasteiger partial charge < -0.3 is 4.74 Å². The van der Waals surface area contributed by atoms with Gasteiger partial charge in [-0.15, -0.1) is 0 Å². The van der Waals surface area contributed by atoms with E-state index in [1.807, 2.05) is 6.92 Å². The number of rotatable bonds is 6. The van der Waals surface area contributed by atoms with E-state index in [4.69, 9.17) is 27.9 Å². The van der Waals surface area contributed by atoms with Crippen molar-refractivity contribution in [3.05, 3.63) is 63.6 Å². The molecule has 0 saturated carbocycles. The molecular formula is C21H18Cl2N2O4. The van der Waals surface area contributed by atoms with Crippen molar-refractivity contribution in [3.63, 3.8) is 0 Å². The highest BCUT2D eigenvalue weighted by atomic mass is 35.5. The molecular weight excluding hydrogens is 415 g/mol. The normalized spacial score (nSPS) is 15.6. The van der Waals surface area contributed by atoms with Crippen LogP contribution in [0.3, 0.4) is 0 Å². The largest absolute Gasteiger partial charge is 0.493 e. The third-order valence-electron chi connectivity index (χ3n) is 4.21. The molecule has 4 amide bonds. The van der Waals surface area contributed by atoms with Crippen LogP contribution < -0.4 is 15.0 Å². The first-order chi connectivity index (χ1) is 13.9. The van der Waals surface area contributed by atoms with E-state index in [1.54, 1.807) is 30.3 Å². The molecule has 6 nitrogen and oxygen atoms in total. The number of ether oxygens (including phenoxy) is 1. The van der Waals surface area contributed by atoms with Crippen LogP contribution in [0.2, 0.25) is 10.0 Å². The van der Waals surface area contributed by atoms with Gasteiger partial charge in [-0.25, -0.2) is 9.69 Å². The zero-order chi connectivity index (χ0) is 21.0. The summed E-state index contributed by atoms with van der Waals surface area (Å²) in [6.07, 6.45) is 3.19. The first-order valence-corrected chi connectivity index (χ1v) is 9.75. The Morgan fingerprint density at radius 1 is 1.03 bits per heavy atom. The summed E-state index contributed by atoms with van der Waals surface area (Å²) < 4.78 is 5.75. The van der Waals surface area contributed by atoms with Crippen LogP contribution in [-0.4, -0.2) is 24.5 Å². The number of halogens is 2. The summed E-state index contributed by atoms with van der Waals surface area (Å²) in [5.41, 5.74) is 0.556. The molecule has 1 heterocycles. The monoisotopic (exact) mass is 432 g/mol. The number of urea groups is 1. The molecule has 0 unspecified atom stereocenters. The number of amides is 4. The molecule has 0 spiro atoms. The number of carbonyl (C=O) groups excluding carboxylic acids is 3. The Kier molecular flexibility index (Phi) is 6.56. The van der Waals surface area contributed by atoms with Gasteiger partial charge in [0.1, 0.15) is 11.3 Å². The molecule has 1 aliphatic rings. The SMILES string of the molecule is CCCCOc1ccc(Cl)cc1/C=C1/C(=O)NC(=O)N(c2ccc(Cl)cc2)C1=O. The summed E-state index contributed by atoms with van der Waals surface area (Å²) in [4.78, 5) is 38.5. The van der Waals surface area contributed by atoms with Gasteiger partial charge in [0.25, 0.3) is 11.8 Å². The van der Waals surface area contributed by atoms with E-state index in [0.29, 0.717) is 33.7 Å². The van der Waals surface area contributed by atoms with Crippen LogP contribution in [0, 0.1) is 0 Å². The average Bonchev–Trinajstić information content (AvgIpc) is 2.68. The maximum Gasteiger partial charge on any atom is 0.335 e. The number of anilines is 1. The highest BCUT2D eigenvalue weighted by molar-refractivity contribution is 6.39. The van der Waals surface area contributed by atoms with Crippen molar-refractivity contribution in [2.45, 2.75) is 19.8 Å². The minimum Gasteiger partial charge on any atom is -0.493 e. The van der Waals surface area contributed by atoms with Crippen LogP contribution in [0.1, 0.15) is 25.3 Å². The molecule has 8 heteroatoms. The first kappa shape index (κ1) is 20.9. The van der Waals surface area contributed by atoms with E-state index in [1.165, 1.54) is 18.2 Å². The van der Waals surface area contributed by atoms with Crippen LogP contribution in [0.5, 0.6) is 5.75 Å². The van der Waals surface area contributed by atoms with Gasteiger partial charge in [-0.3, -0.25) is 14.9 Å². The fourth-order valence-corrected chi connectivity index (χ4v) is 3.03. The van der Waals surface area contributed by atoms with E-state index < -0.39 is 17.8 Å². The molecule has 2 aromatic rings. The van der Waals surface area contributed by atoms with E-state index in [-0.39, 0.29) is 5.57 Å². The van der Waals surface area contributed by atoms with Crippen molar-refractivity contribution in [1.82, 2.24) is 5.32 Å². The summed E-state index contributed by atoms with van der Waals surface area (Å²) in [5.74, 6) is -1.05. The van der Waals surface area contributed by atoms with Crippen molar-refractivity contribution in [2.24, 2.45) is 0 Å². The highest BCUT2D eigenvalue weighted by Gasteiger charge is 2.37. The van der Waals surface area contributed by atoms with Gasteiger partial charge in [-0.05, 0) is 55.0 Å². The Labute approximate surface area is 178 Å². The first-order valence-electron chi connectivity index (χ1n) is 9.00. The molecule has 1 aliphatic heterocycles. The van der Waals surface area contributed by atoms with Crippen molar-refractivity contribution in [1.29, 1.82) is 0 Å². The Morgan fingerprint density at radius 3 is 2.41 bits per heavy atom. The molecule has 1 N–H and O–H groups in total. The lowest BCUT2D eigenvalue weighted by Crippen LogP contribution is -2.54. The number of hydrogen-bond acceptors (Lipinski definition) is 4. The van der Waals surface area contributed by atoms with Gasteiger partial charge in [0.05, 0.1) is 12.3 Å². The molecule has 3 rings (SSSR count). The Hall–Kier alpha value is -2.83. The van der Waals surface area contributed by atoms with Crippen LogP contribution in [0.15, 0.2) is 48.0 Å². The van der Waals surface area contributed by atoms with Gasteiger partial charge in [-0.2, -0.15) is 0 Å². The van der Waals surface area contributed by atoms with E-state index in [2.05, 4.69) is 5.32 Å². The second-order valence-corrected chi connectivity index (χ2v) is 7.19. The molecule has 0 bridgehead atoms. The van der Waals surface area contributed by atoms with Crippen LogP contribution in [0.4, 0.5) is 10.5 Å². The van der Waals surface area contributed by atoms with E-state index in [9.17, 15) is 14.4 Å². The maximum atomic E-state index is 13.0. The van der Waals surface area contributed by atoms with Gasteiger partial charge in [0, 0.05) is 15.6 Å². The number of carbonyl (C=O) groups is 3. The lowest BCUT2D eigenvalue weighted by atomic mass is 10.1. The highest BCUT2D eigenvalue weighted by Crippen LogP contribution is 2.28. The number of benzene rings is 2. The lowest BCUT2D eigenvalue weighted by Gasteiger charge is -2.26. The Morgan fingerprint density at radius 2 is 1.72 bits per heavy atom. The van der Waals surface area contributed by atoms with Gasteiger partial charge in [0.2, 0.25) is 0 Å². The predicted octanol–water partition coefficient (Wildman–Crippen LogP) is 4.84. The predicted molar refractivity (Wildman–Crippen MR) is 112 cm³/mol. The zero-order valence-corrected chi connectivity index (χ0v) is 17.1. The number of hydrogen-bond donors (Lipinski definition) is 1. The van der Waals surface area contributed by atoms with Crippen LogP contribution in [0.25, 0.3) is 6.08 Å². The second kappa shape index (κ2) is 9.11. The van der Waals surface area contributed by atoms with Gasteiger partial charge in [0.15, 0.2) is 0 Å². The lowest BCUT2D eigenvalue weighted by molar-refractivity contribution is -0.122. The minimum atomic E-state index is -0.829. The number of barbiturate groups is 1. The number of nitrogens with one attached hydrogen (secondary N) is 1. The van der Waals surface area contributed by atoms with Gasteiger partial charge in [-0.1, -0.05) is 36.5 Å². The van der Waals surface area contributed by atoms with Crippen molar-refractivity contribution < 1.29 is 19.1 Å². The molecule has 0 aliphatic carbocycles. The number of unbranched alkanes of at least 4 members (excludes halogenated alkanes) is 1. The average molecular weight is 433 g/mol. The maximum absolute atomic E-state index is 13.0. The second-order valence-electron chi connectivity index (χ2n) is 6.32. The van der Waals surface area contributed by atoms with Crippen molar-refractivity contribution in [2.75, 3.05) is 11.5 Å². The summed E-state index contributed by atoms with van der Waals surface area (Å²) in [6.45, 7) is 2.53. The Balaban J connectivity index is 1.98. The third-order valence-corrected chi connectivity index (χ3v) is 4.70. The topological polar surface area (TPSA) is 75.7 Å². The van der Waals surface area contributed by atoms with Crippen molar-refractivity contribution >= 4 is 52.8 Å². The summed E-state index contributed by atoms with van der Waals surface area (Å²) in [7, 11) is 0. The molecule has 0 aromatic heterocycles. The summed E-state index contributed by atoms with van der Waals surface area (Å²) >= 11 is 12.0. The van der Waals surface area contributed by atoms with Gasteiger partial charge >= 0.3 is 6.03 Å². The number of nitrogens with zero attached hydrogens (tertiary/aromatic N) is 1. The van der Waals surface area contributed by atoms with Crippen LogP contribution in [-0.2, 0) is 9.59 Å². The van der Waals surface area contributed by atoms with E-state index in [0.717, 1.165) is 17.7 Å².